The van der Waals surface area contributed by atoms with Gasteiger partial charge in [0.1, 0.15) is 11.5 Å². The second-order valence-electron chi connectivity index (χ2n) is 4.48. The lowest BCUT2D eigenvalue weighted by Gasteiger charge is -2.10. The number of ether oxygens (including phenoxy) is 1. The summed E-state index contributed by atoms with van der Waals surface area (Å²) in [7, 11) is 0. The Morgan fingerprint density at radius 3 is 2.35 bits per heavy atom. The predicted octanol–water partition coefficient (Wildman–Crippen LogP) is 3.94. The molecule has 1 aliphatic rings. The lowest BCUT2D eigenvalue weighted by atomic mass is 10.1. The molecule has 0 unspecified atom stereocenters. The number of nitrogen functional groups attached to an aromatic ring is 1. The van der Waals surface area contributed by atoms with Crippen molar-refractivity contribution in [2.45, 2.75) is 18.8 Å². The molecule has 1 fully saturated rings. The number of rotatable bonds is 3. The van der Waals surface area contributed by atoms with Crippen molar-refractivity contribution in [2.24, 2.45) is 0 Å². The van der Waals surface area contributed by atoms with Crippen molar-refractivity contribution in [3.63, 3.8) is 0 Å². The first-order chi connectivity index (χ1) is 8.33. The highest BCUT2D eigenvalue weighted by atomic mass is 16.5. The third kappa shape index (κ3) is 2.26. The topological polar surface area (TPSA) is 35.2 Å². The highest BCUT2D eigenvalue weighted by molar-refractivity contribution is 5.45. The fraction of sp³-hybridized carbons (Fsp3) is 0.200. The molecule has 0 amide bonds. The van der Waals surface area contributed by atoms with Crippen LogP contribution in [-0.4, -0.2) is 0 Å². The minimum absolute atomic E-state index is 0.694. The van der Waals surface area contributed by atoms with Gasteiger partial charge in [-0.1, -0.05) is 18.2 Å². The summed E-state index contributed by atoms with van der Waals surface area (Å²) in [6.45, 7) is 0. The standard InChI is InChI=1S/C15H15NO/c16-12-7-9-13(10-8-12)17-15-4-2-1-3-14(15)11-5-6-11/h1-4,7-11H,5-6,16H2. The minimum Gasteiger partial charge on any atom is -0.457 e. The molecule has 2 heteroatoms. The molecule has 1 aliphatic carbocycles. The molecule has 1 saturated carbocycles. The molecular formula is C15H15NO. The Kier molecular flexibility index (Phi) is 2.48. The van der Waals surface area contributed by atoms with Gasteiger partial charge in [-0.05, 0) is 54.7 Å². The van der Waals surface area contributed by atoms with Crippen molar-refractivity contribution in [1.82, 2.24) is 0 Å². The summed E-state index contributed by atoms with van der Waals surface area (Å²) in [6, 6.07) is 15.8. The molecule has 0 aromatic heterocycles. The molecular weight excluding hydrogens is 210 g/mol. The first-order valence-electron chi connectivity index (χ1n) is 5.95. The van der Waals surface area contributed by atoms with Gasteiger partial charge in [-0.2, -0.15) is 0 Å². The monoisotopic (exact) mass is 225 g/mol. The third-order valence-electron chi connectivity index (χ3n) is 3.04. The van der Waals surface area contributed by atoms with Crippen molar-refractivity contribution in [1.29, 1.82) is 0 Å². The molecule has 86 valence electrons. The summed E-state index contributed by atoms with van der Waals surface area (Å²) in [4.78, 5) is 0. The van der Waals surface area contributed by atoms with Crippen LogP contribution >= 0.6 is 0 Å². The van der Waals surface area contributed by atoms with E-state index in [1.54, 1.807) is 0 Å². The van der Waals surface area contributed by atoms with E-state index in [1.165, 1.54) is 18.4 Å². The van der Waals surface area contributed by atoms with Gasteiger partial charge in [-0.3, -0.25) is 0 Å². The summed E-state index contributed by atoms with van der Waals surface area (Å²) < 4.78 is 5.91. The number of nitrogens with two attached hydrogens (primary N) is 1. The average molecular weight is 225 g/mol. The van der Waals surface area contributed by atoms with E-state index in [4.69, 9.17) is 10.5 Å². The number of para-hydroxylation sites is 1. The fourth-order valence-corrected chi connectivity index (χ4v) is 1.97. The Morgan fingerprint density at radius 2 is 1.65 bits per heavy atom. The second-order valence-corrected chi connectivity index (χ2v) is 4.48. The molecule has 3 rings (SSSR count). The number of anilines is 1. The van der Waals surface area contributed by atoms with E-state index >= 15 is 0 Å². The first-order valence-corrected chi connectivity index (χ1v) is 5.95. The zero-order valence-electron chi connectivity index (χ0n) is 9.60. The van der Waals surface area contributed by atoms with Gasteiger partial charge in [0, 0.05) is 5.69 Å². The van der Waals surface area contributed by atoms with Crippen LogP contribution < -0.4 is 10.5 Å². The molecule has 0 atom stereocenters. The van der Waals surface area contributed by atoms with Crippen LogP contribution in [-0.2, 0) is 0 Å². The van der Waals surface area contributed by atoms with Crippen LogP contribution in [0.25, 0.3) is 0 Å². The zero-order chi connectivity index (χ0) is 11.7. The van der Waals surface area contributed by atoms with E-state index in [0.717, 1.165) is 17.2 Å². The van der Waals surface area contributed by atoms with E-state index in [2.05, 4.69) is 12.1 Å². The number of benzene rings is 2. The first kappa shape index (κ1) is 10.2. The smallest absolute Gasteiger partial charge is 0.130 e. The quantitative estimate of drug-likeness (QED) is 0.803. The highest BCUT2D eigenvalue weighted by Gasteiger charge is 2.26. The number of hydrogen-bond acceptors (Lipinski definition) is 2. The van der Waals surface area contributed by atoms with Crippen molar-refractivity contribution in [3.05, 3.63) is 54.1 Å². The van der Waals surface area contributed by atoms with Crippen molar-refractivity contribution in [2.75, 3.05) is 5.73 Å². The van der Waals surface area contributed by atoms with Gasteiger partial charge in [0.05, 0.1) is 0 Å². The average Bonchev–Trinajstić information content (AvgIpc) is 3.17. The van der Waals surface area contributed by atoms with E-state index in [9.17, 15) is 0 Å². The van der Waals surface area contributed by atoms with Gasteiger partial charge in [0.15, 0.2) is 0 Å². The SMILES string of the molecule is Nc1ccc(Oc2ccccc2C2CC2)cc1. The van der Waals surface area contributed by atoms with E-state index in [0.29, 0.717) is 5.92 Å². The number of hydrogen-bond donors (Lipinski definition) is 1. The Morgan fingerprint density at radius 1 is 0.941 bits per heavy atom. The maximum atomic E-state index is 5.91. The Hall–Kier alpha value is -1.96. The largest absolute Gasteiger partial charge is 0.457 e. The Bertz CT molecular complexity index is 515. The summed E-state index contributed by atoms with van der Waals surface area (Å²) in [5.41, 5.74) is 7.73. The summed E-state index contributed by atoms with van der Waals surface area (Å²) in [5.74, 6) is 2.51. The normalized spacial score (nSPS) is 14.6. The van der Waals surface area contributed by atoms with Crippen molar-refractivity contribution < 1.29 is 4.74 Å². The molecule has 2 N–H and O–H groups in total. The van der Waals surface area contributed by atoms with E-state index < -0.39 is 0 Å². The molecule has 2 aromatic carbocycles. The molecule has 0 heterocycles. The molecule has 0 saturated heterocycles. The zero-order valence-corrected chi connectivity index (χ0v) is 9.60. The van der Waals surface area contributed by atoms with Gasteiger partial charge in [-0.15, -0.1) is 0 Å². The second kappa shape index (κ2) is 4.13. The van der Waals surface area contributed by atoms with Crippen LogP contribution in [0.4, 0.5) is 5.69 Å². The van der Waals surface area contributed by atoms with Crippen LogP contribution in [0.15, 0.2) is 48.5 Å². The third-order valence-corrected chi connectivity index (χ3v) is 3.04. The molecule has 2 nitrogen and oxygen atoms in total. The molecule has 0 radical (unpaired) electrons. The summed E-state index contributed by atoms with van der Waals surface area (Å²) in [5, 5.41) is 0. The maximum absolute atomic E-state index is 5.91. The molecule has 0 bridgehead atoms. The molecule has 2 aromatic rings. The van der Waals surface area contributed by atoms with E-state index in [1.807, 2.05) is 36.4 Å². The maximum Gasteiger partial charge on any atom is 0.130 e. The van der Waals surface area contributed by atoms with Gasteiger partial charge in [-0.25, -0.2) is 0 Å². The molecule has 0 spiro atoms. The summed E-state index contributed by atoms with van der Waals surface area (Å²) in [6.07, 6.45) is 2.56. The Labute approximate surface area is 101 Å². The lowest BCUT2D eigenvalue weighted by Crippen LogP contribution is -1.90. The van der Waals surface area contributed by atoms with Gasteiger partial charge >= 0.3 is 0 Å². The van der Waals surface area contributed by atoms with Crippen molar-refractivity contribution in [3.8, 4) is 11.5 Å². The van der Waals surface area contributed by atoms with Gasteiger partial charge in [0.25, 0.3) is 0 Å². The Balaban J connectivity index is 1.87. The predicted molar refractivity (Wildman–Crippen MR) is 69.3 cm³/mol. The van der Waals surface area contributed by atoms with Crippen molar-refractivity contribution >= 4 is 5.69 Å². The molecule has 17 heavy (non-hydrogen) atoms. The van der Waals surface area contributed by atoms with Gasteiger partial charge < -0.3 is 10.5 Å². The van der Waals surface area contributed by atoms with Crippen LogP contribution in [0.2, 0.25) is 0 Å². The molecule has 0 aliphatic heterocycles. The van der Waals surface area contributed by atoms with Crippen LogP contribution in [0.1, 0.15) is 24.3 Å². The minimum atomic E-state index is 0.694. The highest BCUT2D eigenvalue weighted by Crippen LogP contribution is 2.45. The lowest BCUT2D eigenvalue weighted by molar-refractivity contribution is 0.476. The van der Waals surface area contributed by atoms with Crippen LogP contribution in [0.5, 0.6) is 11.5 Å². The van der Waals surface area contributed by atoms with Crippen LogP contribution in [0.3, 0.4) is 0 Å². The summed E-state index contributed by atoms with van der Waals surface area (Å²) >= 11 is 0. The fourth-order valence-electron chi connectivity index (χ4n) is 1.97. The van der Waals surface area contributed by atoms with Gasteiger partial charge in [0.2, 0.25) is 0 Å². The van der Waals surface area contributed by atoms with Crippen LogP contribution in [0, 0.1) is 0 Å². The van der Waals surface area contributed by atoms with E-state index in [-0.39, 0.29) is 0 Å².